The Morgan fingerprint density at radius 3 is 2.65 bits per heavy atom. The first-order valence-electron chi connectivity index (χ1n) is 6.42. The molecule has 0 radical (unpaired) electrons. The van der Waals surface area contributed by atoms with Crippen molar-refractivity contribution in [3.8, 4) is 0 Å². The third-order valence-corrected chi connectivity index (χ3v) is 3.99. The lowest BCUT2D eigenvalue weighted by Crippen LogP contribution is -2.38. The Balaban J connectivity index is 2.02. The van der Waals surface area contributed by atoms with E-state index in [-0.39, 0.29) is 17.5 Å². The fraction of sp³-hybridized carbons (Fsp3) is 0.462. The van der Waals surface area contributed by atoms with Crippen LogP contribution in [0.1, 0.15) is 18.4 Å². The molecule has 20 heavy (non-hydrogen) atoms. The van der Waals surface area contributed by atoms with Crippen LogP contribution in [0.4, 0.5) is 5.69 Å². The second-order valence-electron chi connectivity index (χ2n) is 4.99. The van der Waals surface area contributed by atoms with E-state index in [2.05, 4.69) is 4.90 Å². The Morgan fingerprint density at radius 1 is 1.45 bits per heavy atom. The van der Waals surface area contributed by atoms with Crippen LogP contribution in [0.3, 0.4) is 0 Å². The number of hydrogen-bond donors (Lipinski definition) is 1. The van der Waals surface area contributed by atoms with Crippen molar-refractivity contribution in [2.75, 3.05) is 13.1 Å². The van der Waals surface area contributed by atoms with Gasteiger partial charge in [0.05, 0.1) is 4.92 Å². The lowest BCUT2D eigenvalue weighted by molar-refractivity contribution is -0.384. The van der Waals surface area contributed by atoms with Crippen molar-refractivity contribution in [2.24, 2.45) is 11.7 Å². The molecule has 2 N–H and O–H groups in total. The van der Waals surface area contributed by atoms with E-state index < -0.39 is 4.92 Å². The maximum absolute atomic E-state index is 11.1. The molecule has 0 aromatic heterocycles. The summed E-state index contributed by atoms with van der Waals surface area (Å²) in [6.07, 6.45) is 1.45. The molecule has 1 heterocycles. The van der Waals surface area contributed by atoms with Crippen molar-refractivity contribution < 1.29 is 9.72 Å². The summed E-state index contributed by atoms with van der Waals surface area (Å²) >= 11 is 6.08. The number of rotatable bonds is 4. The average Bonchev–Trinajstić information content (AvgIpc) is 2.41. The predicted octanol–water partition coefficient (Wildman–Crippen LogP) is 1.95. The summed E-state index contributed by atoms with van der Waals surface area (Å²) in [5.41, 5.74) is 6.06. The lowest BCUT2D eigenvalue weighted by Gasteiger charge is -2.30. The maximum atomic E-state index is 11.1. The van der Waals surface area contributed by atoms with Gasteiger partial charge in [-0.15, -0.1) is 0 Å². The molecule has 0 unspecified atom stereocenters. The van der Waals surface area contributed by atoms with Crippen molar-refractivity contribution in [1.82, 2.24) is 4.90 Å². The van der Waals surface area contributed by atoms with Crippen LogP contribution in [0.25, 0.3) is 0 Å². The highest BCUT2D eigenvalue weighted by atomic mass is 35.5. The van der Waals surface area contributed by atoms with Gasteiger partial charge in [0.15, 0.2) is 0 Å². The fourth-order valence-corrected chi connectivity index (χ4v) is 2.59. The van der Waals surface area contributed by atoms with Crippen molar-refractivity contribution in [2.45, 2.75) is 19.4 Å². The van der Waals surface area contributed by atoms with Gasteiger partial charge in [0.25, 0.3) is 5.69 Å². The molecule has 1 aliphatic heterocycles. The topological polar surface area (TPSA) is 89.5 Å². The van der Waals surface area contributed by atoms with Gasteiger partial charge in [-0.05, 0) is 37.6 Å². The standard InChI is InChI=1S/C13H16ClN3O3/c14-12-2-1-11(17(19)20)7-10(12)8-16-5-3-9(4-6-16)13(15)18/h1-2,7,9H,3-6,8H2,(H2,15,18). The minimum atomic E-state index is -0.431. The summed E-state index contributed by atoms with van der Waals surface area (Å²) in [6.45, 7) is 2.03. The van der Waals surface area contributed by atoms with Crippen LogP contribution in [0.15, 0.2) is 18.2 Å². The number of nitrogens with two attached hydrogens (primary N) is 1. The van der Waals surface area contributed by atoms with E-state index in [1.807, 2.05) is 0 Å². The summed E-state index contributed by atoms with van der Waals surface area (Å²) in [5.74, 6) is -0.315. The molecular weight excluding hydrogens is 282 g/mol. The molecule has 1 aromatic carbocycles. The highest BCUT2D eigenvalue weighted by Crippen LogP contribution is 2.25. The normalized spacial score (nSPS) is 17.1. The lowest BCUT2D eigenvalue weighted by atomic mass is 9.96. The van der Waals surface area contributed by atoms with Crippen LogP contribution in [-0.4, -0.2) is 28.8 Å². The quantitative estimate of drug-likeness (QED) is 0.679. The van der Waals surface area contributed by atoms with Crippen LogP contribution in [0, 0.1) is 16.0 Å². The Labute approximate surface area is 121 Å². The number of amides is 1. The number of carbonyl (C=O) groups excluding carboxylic acids is 1. The molecule has 1 amide bonds. The molecule has 1 aromatic rings. The van der Waals surface area contributed by atoms with Crippen molar-refractivity contribution in [1.29, 1.82) is 0 Å². The zero-order chi connectivity index (χ0) is 14.7. The van der Waals surface area contributed by atoms with Crippen molar-refractivity contribution >= 4 is 23.2 Å². The number of nitro benzene ring substituents is 1. The number of likely N-dealkylation sites (tertiary alicyclic amines) is 1. The third kappa shape index (κ3) is 3.46. The molecule has 0 spiro atoms. The molecule has 0 atom stereocenters. The second kappa shape index (κ2) is 6.19. The molecule has 2 rings (SSSR count). The summed E-state index contributed by atoms with van der Waals surface area (Å²) in [5, 5.41) is 11.3. The Morgan fingerprint density at radius 2 is 2.10 bits per heavy atom. The van der Waals surface area contributed by atoms with Gasteiger partial charge in [-0.1, -0.05) is 11.6 Å². The van der Waals surface area contributed by atoms with E-state index in [0.29, 0.717) is 11.6 Å². The Hall–Kier alpha value is -1.66. The SMILES string of the molecule is NC(=O)C1CCN(Cc2cc([N+](=O)[O-])ccc2Cl)CC1. The number of piperidine rings is 1. The van der Waals surface area contributed by atoms with Crippen molar-refractivity contribution in [3.05, 3.63) is 38.9 Å². The minimum Gasteiger partial charge on any atom is -0.369 e. The molecular formula is C13H16ClN3O3. The Bertz CT molecular complexity index is 528. The molecule has 1 aliphatic rings. The first kappa shape index (κ1) is 14.7. The van der Waals surface area contributed by atoms with Gasteiger partial charge in [-0.2, -0.15) is 0 Å². The highest BCUT2D eigenvalue weighted by Gasteiger charge is 2.23. The van der Waals surface area contributed by atoms with Gasteiger partial charge >= 0.3 is 0 Å². The summed E-state index contributed by atoms with van der Waals surface area (Å²) < 4.78 is 0. The molecule has 0 bridgehead atoms. The smallest absolute Gasteiger partial charge is 0.269 e. The van der Waals surface area contributed by atoms with E-state index >= 15 is 0 Å². The average molecular weight is 298 g/mol. The van der Waals surface area contributed by atoms with Gasteiger partial charge in [0, 0.05) is 29.6 Å². The molecule has 1 fully saturated rings. The molecule has 6 nitrogen and oxygen atoms in total. The molecule has 108 valence electrons. The number of nitro groups is 1. The first-order valence-corrected chi connectivity index (χ1v) is 6.79. The van der Waals surface area contributed by atoms with Crippen LogP contribution in [0.2, 0.25) is 5.02 Å². The largest absolute Gasteiger partial charge is 0.369 e. The second-order valence-corrected chi connectivity index (χ2v) is 5.39. The first-order chi connectivity index (χ1) is 9.47. The number of carbonyl (C=O) groups is 1. The number of primary amides is 1. The summed E-state index contributed by atoms with van der Waals surface area (Å²) in [6, 6.07) is 4.44. The number of halogens is 1. The molecule has 1 saturated heterocycles. The Kier molecular flexibility index (Phi) is 4.57. The molecule has 0 aliphatic carbocycles. The number of non-ortho nitro benzene ring substituents is 1. The zero-order valence-corrected chi connectivity index (χ0v) is 11.7. The summed E-state index contributed by atoms with van der Waals surface area (Å²) in [4.78, 5) is 23.6. The van der Waals surface area contributed by atoms with E-state index in [9.17, 15) is 14.9 Å². The van der Waals surface area contributed by atoms with E-state index in [4.69, 9.17) is 17.3 Å². The van der Waals surface area contributed by atoms with Gasteiger partial charge in [0.2, 0.25) is 5.91 Å². The third-order valence-electron chi connectivity index (χ3n) is 3.62. The minimum absolute atomic E-state index is 0.0384. The van der Waals surface area contributed by atoms with Gasteiger partial charge < -0.3 is 5.73 Å². The van der Waals surface area contributed by atoms with E-state index in [1.165, 1.54) is 12.1 Å². The number of nitrogens with zero attached hydrogens (tertiary/aromatic N) is 2. The van der Waals surface area contributed by atoms with Crippen molar-refractivity contribution in [3.63, 3.8) is 0 Å². The van der Waals surface area contributed by atoms with E-state index in [0.717, 1.165) is 31.5 Å². The predicted molar refractivity (Wildman–Crippen MR) is 75.3 cm³/mol. The summed E-state index contributed by atoms with van der Waals surface area (Å²) in [7, 11) is 0. The van der Waals surface area contributed by atoms with Crippen LogP contribution in [0.5, 0.6) is 0 Å². The fourth-order valence-electron chi connectivity index (χ4n) is 2.41. The van der Waals surface area contributed by atoms with Gasteiger partial charge in [0.1, 0.15) is 0 Å². The highest BCUT2D eigenvalue weighted by molar-refractivity contribution is 6.31. The van der Waals surface area contributed by atoms with E-state index in [1.54, 1.807) is 6.07 Å². The molecule has 7 heteroatoms. The molecule has 0 saturated carbocycles. The number of hydrogen-bond acceptors (Lipinski definition) is 4. The maximum Gasteiger partial charge on any atom is 0.269 e. The van der Waals surface area contributed by atoms with Crippen LogP contribution >= 0.6 is 11.6 Å². The van der Waals surface area contributed by atoms with Gasteiger partial charge in [-0.3, -0.25) is 19.8 Å². The zero-order valence-electron chi connectivity index (χ0n) is 10.9. The monoisotopic (exact) mass is 297 g/mol. The van der Waals surface area contributed by atoms with Crippen LogP contribution in [-0.2, 0) is 11.3 Å². The van der Waals surface area contributed by atoms with Gasteiger partial charge in [-0.25, -0.2) is 0 Å². The van der Waals surface area contributed by atoms with Crippen LogP contribution < -0.4 is 5.73 Å². The number of benzene rings is 1.